The number of aromatic amines is 1. The van der Waals surface area contributed by atoms with Crippen LogP contribution in [-0.2, 0) is 4.79 Å². The van der Waals surface area contributed by atoms with Crippen LogP contribution in [0.5, 0.6) is 5.75 Å². The number of amides is 2. The zero-order valence-corrected chi connectivity index (χ0v) is 18.3. The molecule has 0 aliphatic heterocycles. The van der Waals surface area contributed by atoms with Gasteiger partial charge in [0, 0.05) is 47.5 Å². The maximum absolute atomic E-state index is 12.9. The molecular weight excluding hydrogens is 404 g/mol. The SMILES string of the molecule is COc1ccc(NCCNC(=O)[C@@H]2CCCC[C@@H]2NC(=O)c2ccc3[nH]ccc3c2)cc1. The Kier molecular flexibility index (Phi) is 6.94. The summed E-state index contributed by atoms with van der Waals surface area (Å²) >= 11 is 0. The molecule has 32 heavy (non-hydrogen) atoms. The molecule has 0 spiro atoms. The number of rotatable bonds is 8. The second-order valence-corrected chi connectivity index (χ2v) is 8.20. The number of carbonyl (C=O) groups excluding carboxylic acids is 2. The monoisotopic (exact) mass is 434 g/mol. The molecule has 7 heteroatoms. The third-order valence-corrected chi connectivity index (χ3v) is 6.08. The molecule has 1 aliphatic rings. The summed E-state index contributed by atoms with van der Waals surface area (Å²) < 4.78 is 5.16. The van der Waals surface area contributed by atoms with Gasteiger partial charge in [0.1, 0.15) is 5.75 Å². The van der Waals surface area contributed by atoms with E-state index in [1.54, 1.807) is 7.11 Å². The van der Waals surface area contributed by atoms with Gasteiger partial charge >= 0.3 is 0 Å². The Balaban J connectivity index is 1.28. The van der Waals surface area contributed by atoms with Gasteiger partial charge in [-0.1, -0.05) is 12.8 Å². The van der Waals surface area contributed by atoms with E-state index in [4.69, 9.17) is 4.74 Å². The molecule has 0 unspecified atom stereocenters. The number of methoxy groups -OCH3 is 1. The molecule has 0 bridgehead atoms. The van der Waals surface area contributed by atoms with E-state index >= 15 is 0 Å². The third kappa shape index (κ3) is 5.22. The van der Waals surface area contributed by atoms with Gasteiger partial charge in [0.05, 0.1) is 13.0 Å². The zero-order chi connectivity index (χ0) is 22.3. The fourth-order valence-electron chi connectivity index (χ4n) is 4.30. The van der Waals surface area contributed by atoms with Crippen LogP contribution in [0.2, 0.25) is 0 Å². The largest absolute Gasteiger partial charge is 0.497 e. The molecule has 1 aliphatic carbocycles. The van der Waals surface area contributed by atoms with Gasteiger partial charge in [0.2, 0.25) is 5.91 Å². The van der Waals surface area contributed by atoms with E-state index in [1.165, 1.54) is 0 Å². The van der Waals surface area contributed by atoms with Gasteiger partial charge in [0.15, 0.2) is 0 Å². The molecule has 3 aromatic rings. The summed E-state index contributed by atoms with van der Waals surface area (Å²) in [7, 11) is 1.64. The Morgan fingerprint density at radius 3 is 2.66 bits per heavy atom. The van der Waals surface area contributed by atoms with Gasteiger partial charge in [0.25, 0.3) is 5.91 Å². The minimum absolute atomic E-state index is 0.00705. The number of ether oxygens (including phenoxy) is 1. The summed E-state index contributed by atoms with van der Waals surface area (Å²) in [5.41, 5.74) is 2.59. The first-order valence-electron chi connectivity index (χ1n) is 11.2. The van der Waals surface area contributed by atoms with Gasteiger partial charge in [-0.05, 0) is 61.4 Å². The van der Waals surface area contributed by atoms with Crippen molar-refractivity contribution in [3.63, 3.8) is 0 Å². The molecule has 7 nitrogen and oxygen atoms in total. The Hall–Kier alpha value is -3.48. The highest BCUT2D eigenvalue weighted by Crippen LogP contribution is 2.25. The fraction of sp³-hybridized carbons (Fsp3) is 0.360. The lowest BCUT2D eigenvalue weighted by Gasteiger charge is -2.31. The molecule has 0 saturated heterocycles. The van der Waals surface area contributed by atoms with Crippen molar-refractivity contribution in [2.24, 2.45) is 5.92 Å². The first-order chi connectivity index (χ1) is 15.6. The smallest absolute Gasteiger partial charge is 0.251 e. The third-order valence-electron chi connectivity index (χ3n) is 6.08. The van der Waals surface area contributed by atoms with Gasteiger partial charge in [-0.25, -0.2) is 0 Å². The number of anilines is 1. The van der Waals surface area contributed by atoms with Crippen molar-refractivity contribution in [1.29, 1.82) is 0 Å². The number of benzene rings is 2. The lowest BCUT2D eigenvalue weighted by Crippen LogP contribution is -2.49. The highest BCUT2D eigenvalue weighted by Gasteiger charge is 2.32. The average Bonchev–Trinajstić information content (AvgIpc) is 3.30. The van der Waals surface area contributed by atoms with E-state index in [-0.39, 0.29) is 23.8 Å². The summed E-state index contributed by atoms with van der Waals surface area (Å²) in [6, 6.07) is 15.1. The summed E-state index contributed by atoms with van der Waals surface area (Å²) in [6.07, 6.45) is 5.49. The van der Waals surface area contributed by atoms with E-state index in [9.17, 15) is 9.59 Å². The second-order valence-electron chi connectivity index (χ2n) is 8.20. The van der Waals surface area contributed by atoms with Crippen LogP contribution in [0.3, 0.4) is 0 Å². The summed E-state index contributed by atoms with van der Waals surface area (Å²) in [5, 5.41) is 10.4. The first-order valence-corrected chi connectivity index (χ1v) is 11.2. The Morgan fingerprint density at radius 1 is 1.03 bits per heavy atom. The molecule has 2 amide bonds. The topological polar surface area (TPSA) is 95.2 Å². The molecule has 2 atom stereocenters. The number of H-pyrrole nitrogens is 1. The predicted molar refractivity (Wildman–Crippen MR) is 126 cm³/mol. The number of hydrogen-bond acceptors (Lipinski definition) is 4. The Labute approximate surface area is 187 Å². The lowest BCUT2D eigenvalue weighted by atomic mass is 9.83. The number of fused-ring (bicyclic) bond motifs is 1. The highest BCUT2D eigenvalue weighted by atomic mass is 16.5. The van der Waals surface area contributed by atoms with Crippen molar-refractivity contribution in [3.05, 3.63) is 60.3 Å². The number of hydrogen-bond donors (Lipinski definition) is 4. The maximum atomic E-state index is 12.9. The van der Waals surface area contributed by atoms with Crippen molar-refractivity contribution >= 4 is 28.4 Å². The van der Waals surface area contributed by atoms with Crippen LogP contribution in [0.4, 0.5) is 5.69 Å². The second kappa shape index (κ2) is 10.2. The van der Waals surface area contributed by atoms with Gasteiger partial charge in [-0.15, -0.1) is 0 Å². The molecule has 2 aromatic carbocycles. The standard InChI is InChI=1S/C25H30N4O3/c1-32-20-9-7-19(8-10-20)26-14-15-28-25(31)21-4-2-3-5-23(21)29-24(30)18-6-11-22-17(16-18)12-13-27-22/h6-13,16,21,23,26-27H,2-5,14-15H2,1H3,(H,28,31)(H,29,30)/t21-,23+/m1/s1. The molecule has 4 N–H and O–H groups in total. The van der Waals surface area contributed by atoms with Crippen molar-refractivity contribution in [2.45, 2.75) is 31.7 Å². The molecule has 1 aromatic heterocycles. The van der Waals surface area contributed by atoms with E-state index in [1.807, 2.05) is 54.7 Å². The van der Waals surface area contributed by atoms with E-state index in [0.717, 1.165) is 48.0 Å². The summed E-state index contributed by atoms with van der Waals surface area (Å²) in [6.45, 7) is 1.14. The van der Waals surface area contributed by atoms with Crippen LogP contribution in [0.1, 0.15) is 36.0 Å². The molecular formula is C25H30N4O3. The van der Waals surface area contributed by atoms with Crippen molar-refractivity contribution < 1.29 is 14.3 Å². The predicted octanol–water partition coefficient (Wildman–Crippen LogP) is 3.69. The normalized spacial score (nSPS) is 18.2. The maximum Gasteiger partial charge on any atom is 0.251 e. The van der Waals surface area contributed by atoms with Crippen LogP contribution in [0, 0.1) is 5.92 Å². The Bertz CT molecular complexity index is 1060. The van der Waals surface area contributed by atoms with Gasteiger partial charge in [-0.3, -0.25) is 9.59 Å². The number of carbonyl (C=O) groups is 2. The first kappa shape index (κ1) is 21.7. The van der Waals surface area contributed by atoms with Crippen molar-refractivity contribution in [3.8, 4) is 5.75 Å². The summed E-state index contributed by atoms with van der Waals surface area (Å²) in [4.78, 5) is 28.8. The molecule has 168 valence electrons. The zero-order valence-electron chi connectivity index (χ0n) is 18.3. The molecule has 4 rings (SSSR count). The van der Waals surface area contributed by atoms with Crippen molar-refractivity contribution in [1.82, 2.24) is 15.6 Å². The van der Waals surface area contributed by atoms with Crippen molar-refractivity contribution in [2.75, 3.05) is 25.5 Å². The minimum atomic E-state index is -0.204. The van der Waals surface area contributed by atoms with E-state index in [2.05, 4.69) is 20.9 Å². The quantitative estimate of drug-likeness (QED) is 0.407. The molecule has 1 heterocycles. The molecule has 0 radical (unpaired) electrons. The van der Waals surface area contributed by atoms with Gasteiger partial charge in [-0.2, -0.15) is 0 Å². The fourth-order valence-corrected chi connectivity index (χ4v) is 4.30. The lowest BCUT2D eigenvalue weighted by molar-refractivity contribution is -0.126. The average molecular weight is 435 g/mol. The van der Waals surface area contributed by atoms with Crippen LogP contribution >= 0.6 is 0 Å². The van der Waals surface area contributed by atoms with Gasteiger partial charge < -0.3 is 25.7 Å². The van der Waals surface area contributed by atoms with E-state index in [0.29, 0.717) is 18.7 Å². The molecule has 1 saturated carbocycles. The number of nitrogens with one attached hydrogen (secondary N) is 4. The van der Waals surface area contributed by atoms with E-state index < -0.39 is 0 Å². The van der Waals surface area contributed by atoms with Crippen LogP contribution in [-0.4, -0.2) is 43.0 Å². The highest BCUT2D eigenvalue weighted by molar-refractivity contribution is 5.98. The van der Waals surface area contributed by atoms with Crippen LogP contribution < -0.4 is 20.7 Å². The minimum Gasteiger partial charge on any atom is -0.497 e. The Morgan fingerprint density at radius 2 is 1.84 bits per heavy atom. The van der Waals surface area contributed by atoms with Crippen LogP contribution in [0.25, 0.3) is 10.9 Å². The van der Waals surface area contributed by atoms with Crippen LogP contribution in [0.15, 0.2) is 54.7 Å². The number of aromatic nitrogens is 1. The molecule has 1 fully saturated rings. The summed E-state index contributed by atoms with van der Waals surface area (Å²) in [5.74, 6) is 0.485.